The average molecular weight is 500 g/mol. The number of nitrogens with zero attached hydrogens (tertiary/aromatic N) is 3. The molecule has 2 aromatic heterocycles. The number of hydrogen-bond donors (Lipinski definition) is 0. The van der Waals surface area contributed by atoms with Gasteiger partial charge in [0.1, 0.15) is 16.5 Å². The number of carbonyl (C=O) groups is 1. The highest BCUT2D eigenvalue weighted by molar-refractivity contribution is 7.15. The summed E-state index contributed by atoms with van der Waals surface area (Å²) in [5.41, 5.74) is 4.69. The normalized spacial score (nSPS) is 14.9. The number of hydrogen-bond acceptors (Lipinski definition) is 6. The molecule has 6 nitrogen and oxygen atoms in total. The van der Waals surface area contributed by atoms with E-state index in [1.54, 1.807) is 24.5 Å². The fourth-order valence-electron chi connectivity index (χ4n) is 4.32. The number of aryl methyl sites for hydroxylation is 2. The van der Waals surface area contributed by atoms with Crippen LogP contribution < -0.4 is 14.4 Å². The zero-order chi connectivity index (χ0) is 25.1. The monoisotopic (exact) mass is 499 g/mol. The van der Waals surface area contributed by atoms with Crippen molar-refractivity contribution in [3.8, 4) is 33.5 Å². The molecule has 1 atom stereocenters. The van der Waals surface area contributed by atoms with Gasteiger partial charge in [-0.3, -0.25) is 9.78 Å². The van der Waals surface area contributed by atoms with E-state index < -0.39 is 6.10 Å². The van der Waals surface area contributed by atoms with Crippen molar-refractivity contribution in [3.05, 3.63) is 77.3 Å². The number of unbranched alkanes of at least 4 members (excludes halogenated alkanes) is 1. The minimum atomic E-state index is -0.510. The Morgan fingerprint density at radius 1 is 1.06 bits per heavy atom. The van der Waals surface area contributed by atoms with E-state index in [2.05, 4.69) is 24.9 Å². The highest BCUT2D eigenvalue weighted by atomic mass is 32.1. The van der Waals surface area contributed by atoms with E-state index in [1.807, 2.05) is 59.5 Å². The molecule has 0 fully saturated rings. The Kier molecular flexibility index (Phi) is 7.00. The number of anilines is 1. The summed E-state index contributed by atoms with van der Waals surface area (Å²) in [5, 5.41) is 0.882. The van der Waals surface area contributed by atoms with Crippen LogP contribution in [0.25, 0.3) is 22.0 Å². The van der Waals surface area contributed by atoms with Crippen molar-refractivity contribution in [2.24, 2.45) is 0 Å². The van der Waals surface area contributed by atoms with Gasteiger partial charge in [-0.05, 0) is 81.6 Å². The molecule has 1 amide bonds. The molecule has 36 heavy (non-hydrogen) atoms. The number of pyridine rings is 1. The molecular weight excluding hydrogens is 470 g/mol. The lowest BCUT2D eigenvalue weighted by Gasteiger charge is -2.33. The third-order valence-corrected chi connectivity index (χ3v) is 7.15. The molecule has 0 aliphatic carbocycles. The minimum absolute atomic E-state index is 0.0246. The number of benzene rings is 2. The van der Waals surface area contributed by atoms with Crippen molar-refractivity contribution in [3.63, 3.8) is 0 Å². The van der Waals surface area contributed by atoms with Crippen LogP contribution in [0.5, 0.6) is 11.5 Å². The third-order valence-electron chi connectivity index (χ3n) is 6.16. The fourth-order valence-corrected chi connectivity index (χ4v) is 5.23. The topological polar surface area (TPSA) is 64.5 Å². The molecule has 3 heterocycles. The van der Waals surface area contributed by atoms with E-state index in [1.165, 1.54) is 5.56 Å². The zero-order valence-electron chi connectivity index (χ0n) is 20.7. The predicted molar refractivity (Wildman–Crippen MR) is 144 cm³/mol. The molecule has 0 saturated carbocycles. The highest BCUT2D eigenvalue weighted by Gasteiger charge is 2.31. The summed E-state index contributed by atoms with van der Waals surface area (Å²) in [7, 11) is 0. The Balaban J connectivity index is 1.32. The summed E-state index contributed by atoms with van der Waals surface area (Å²) in [6.07, 6.45) is 2.94. The van der Waals surface area contributed by atoms with Gasteiger partial charge in [-0.1, -0.05) is 18.2 Å². The number of rotatable bonds is 8. The van der Waals surface area contributed by atoms with Gasteiger partial charge in [0.2, 0.25) is 0 Å². The van der Waals surface area contributed by atoms with Crippen LogP contribution in [0.15, 0.2) is 66.9 Å². The van der Waals surface area contributed by atoms with E-state index in [9.17, 15) is 4.79 Å². The quantitative estimate of drug-likeness (QED) is 0.260. The SMILES string of the molecule is Cc1cccc(OCCCCN2C(=O)C(C)Oc3ccc(-c4nc(-c5ccccn5)sc4C)cc32)c1. The zero-order valence-corrected chi connectivity index (χ0v) is 21.5. The van der Waals surface area contributed by atoms with Crippen LogP contribution in [0.1, 0.15) is 30.2 Å². The molecule has 1 unspecified atom stereocenters. The van der Waals surface area contributed by atoms with Crippen molar-refractivity contribution in [2.45, 2.75) is 39.7 Å². The first-order chi connectivity index (χ1) is 17.5. The average Bonchev–Trinajstić information content (AvgIpc) is 3.28. The van der Waals surface area contributed by atoms with Gasteiger partial charge in [0, 0.05) is 23.2 Å². The van der Waals surface area contributed by atoms with Gasteiger partial charge < -0.3 is 14.4 Å². The summed E-state index contributed by atoms with van der Waals surface area (Å²) < 4.78 is 11.8. The number of thiazole rings is 1. The smallest absolute Gasteiger partial charge is 0.267 e. The van der Waals surface area contributed by atoms with Gasteiger partial charge in [-0.2, -0.15) is 0 Å². The molecular formula is C29H29N3O3S. The Morgan fingerprint density at radius 2 is 1.94 bits per heavy atom. The maximum absolute atomic E-state index is 13.1. The van der Waals surface area contributed by atoms with Crippen molar-refractivity contribution in [1.82, 2.24) is 9.97 Å². The number of ether oxygens (including phenoxy) is 2. The molecule has 7 heteroatoms. The Morgan fingerprint density at radius 3 is 2.75 bits per heavy atom. The minimum Gasteiger partial charge on any atom is -0.494 e. The molecule has 0 radical (unpaired) electrons. The molecule has 0 N–H and O–H groups in total. The second kappa shape index (κ2) is 10.5. The summed E-state index contributed by atoms with van der Waals surface area (Å²) in [4.78, 5) is 25.3. The number of amides is 1. The van der Waals surface area contributed by atoms with E-state index in [4.69, 9.17) is 14.5 Å². The van der Waals surface area contributed by atoms with Crippen LogP contribution >= 0.6 is 11.3 Å². The second-order valence-electron chi connectivity index (χ2n) is 8.94. The van der Waals surface area contributed by atoms with E-state index in [0.717, 1.165) is 56.9 Å². The lowest BCUT2D eigenvalue weighted by Crippen LogP contribution is -2.45. The predicted octanol–water partition coefficient (Wildman–Crippen LogP) is 6.46. The molecule has 2 aromatic carbocycles. The molecule has 0 bridgehead atoms. The largest absolute Gasteiger partial charge is 0.494 e. The van der Waals surface area contributed by atoms with Crippen molar-refractivity contribution < 1.29 is 14.3 Å². The highest BCUT2D eigenvalue weighted by Crippen LogP contribution is 2.40. The second-order valence-corrected chi connectivity index (χ2v) is 10.1. The van der Waals surface area contributed by atoms with Gasteiger partial charge in [-0.15, -0.1) is 11.3 Å². The van der Waals surface area contributed by atoms with E-state index in [0.29, 0.717) is 13.2 Å². The van der Waals surface area contributed by atoms with Gasteiger partial charge in [0.25, 0.3) is 5.91 Å². The van der Waals surface area contributed by atoms with Crippen LogP contribution in [-0.4, -0.2) is 35.1 Å². The fraction of sp³-hybridized carbons (Fsp3) is 0.276. The summed E-state index contributed by atoms with van der Waals surface area (Å²) >= 11 is 1.62. The van der Waals surface area contributed by atoms with Crippen molar-refractivity contribution in [1.29, 1.82) is 0 Å². The maximum atomic E-state index is 13.1. The Bertz CT molecular complexity index is 1370. The molecule has 4 aromatic rings. The first-order valence-electron chi connectivity index (χ1n) is 12.2. The Labute approximate surface area is 215 Å². The van der Waals surface area contributed by atoms with Crippen LogP contribution in [0.3, 0.4) is 0 Å². The molecule has 1 aliphatic heterocycles. The van der Waals surface area contributed by atoms with Crippen LogP contribution in [-0.2, 0) is 4.79 Å². The first-order valence-corrected chi connectivity index (χ1v) is 13.0. The van der Waals surface area contributed by atoms with Gasteiger partial charge in [-0.25, -0.2) is 4.98 Å². The van der Waals surface area contributed by atoms with Crippen LogP contribution in [0.2, 0.25) is 0 Å². The van der Waals surface area contributed by atoms with Crippen molar-refractivity contribution >= 4 is 22.9 Å². The lowest BCUT2D eigenvalue weighted by molar-refractivity contribution is -0.125. The molecule has 0 saturated heterocycles. The van der Waals surface area contributed by atoms with Gasteiger partial charge in [0.05, 0.1) is 23.7 Å². The summed E-state index contributed by atoms with van der Waals surface area (Å²) in [6.45, 7) is 7.13. The van der Waals surface area contributed by atoms with E-state index >= 15 is 0 Å². The summed E-state index contributed by atoms with van der Waals surface area (Å²) in [5.74, 6) is 1.58. The molecule has 184 valence electrons. The lowest BCUT2D eigenvalue weighted by atomic mass is 10.1. The van der Waals surface area contributed by atoms with Gasteiger partial charge >= 0.3 is 0 Å². The number of aromatic nitrogens is 2. The van der Waals surface area contributed by atoms with Crippen LogP contribution in [0, 0.1) is 13.8 Å². The van der Waals surface area contributed by atoms with Crippen LogP contribution in [0.4, 0.5) is 5.69 Å². The first kappa shape index (κ1) is 24.0. The maximum Gasteiger partial charge on any atom is 0.267 e. The number of carbonyl (C=O) groups excluding carboxylic acids is 1. The standard InChI is InChI=1S/C29H29N3O3S/c1-19-9-8-10-23(17-19)34-16-7-6-15-32-25-18-22(12-13-26(25)35-20(2)29(32)33)27-21(3)36-28(31-27)24-11-4-5-14-30-24/h4-5,8-14,17-18,20H,6-7,15-16H2,1-3H3. The molecule has 1 aliphatic rings. The van der Waals surface area contributed by atoms with Crippen molar-refractivity contribution in [2.75, 3.05) is 18.1 Å². The van der Waals surface area contributed by atoms with E-state index in [-0.39, 0.29) is 5.91 Å². The van der Waals surface area contributed by atoms with Gasteiger partial charge in [0.15, 0.2) is 6.10 Å². The molecule has 0 spiro atoms. The molecule has 5 rings (SSSR count). The summed E-state index contributed by atoms with van der Waals surface area (Å²) in [6, 6.07) is 19.9. The Hall–Kier alpha value is -3.71. The third kappa shape index (κ3) is 5.11. The number of fused-ring (bicyclic) bond motifs is 1.